The number of hydrogen-bond donors (Lipinski definition) is 0. The average Bonchev–Trinajstić information content (AvgIpc) is 2.29. The zero-order valence-electron chi connectivity index (χ0n) is 7.97. The molecular formula is C12H8N2O. The average molecular weight is 196 g/mol. The molecule has 0 unspecified atom stereocenters. The first kappa shape index (κ1) is 8.29. The number of azo groups is 1. The van der Waals surface area contributed by atoms with Crippen LogP contribution in [0.4, 0.5) is 5.69 Å². The number of fused-ring (bicyclic) bond motifs is 3. The van der Waals surface area contributed by atoms with Crippen LogP contribution in [0.15, 0.2) is 46.6 Å². The topological polar surface area (TPSA) is 41.8 Å². The summed E-state index contributed by atoms with van der Waals surface area (Å²) in [6.45, 7) is 0.168. The van der Waals surface area contributed by atoms with Crippen molar-refractivity contribution in [3.8, 4) is 0 Å². The molecule has 15 heavy (non-hydrogen) atoms. The highest BCUT2D eigenvalue weighted by atomic mass is 16.1. The number of carbonyl (C=O) groups excluding carboxylic acids is 1. The molecule has 0 bridgehead atoms. The van der Waals surface area contributed by atoms with Crippen molar-refractivity contribution in [3.05, 3.63) is 42.0 Å². The second-order valence-electron chi connectivity index (χ2n) is 3.50. The van der Waals surface area contributed by atoms with Crippen molar-refractivity contribution in [1.82, 2.24) is 0 Å². The summed E-state index contributed by atoms with van der Waals surface area (Å²) in [5, 5.41) is 9.82. The van der Waals surface area contributed by atoms with Gasteiger partial charge in [-0.05, 0) is 16.8 Å². The zero-order valence-corrected chi connectivity index (χ0v) is 7.97. The van der Waals surface area contributed by atoms with E-state index in [2.05, 4.69) is 10.2 Å². The van der Waals surface area contributed by atoms with E-state index in [1.165, 1.54) is 0 Å². The normalized spacial score (nSPS) is 14.3. The maximum atomic E-state index is 11.7. The SMILES string of the molecule is O=C1CN=Nc2ccc3ccccc3c21. The second-order valence-corrected chi connectivity index (χ2v) is 3.50. The molecule has 1 heterocycles. The van der Waals surface area contributed by atoms with Gasteiger partial charge in [-0.2, -0.15) is 10.2 Å². The number of carbonyl (C=O) groups is 1. The predicted octanol–water partition coefficient (Wildman–Crippen LogP) is 3.12. The molecule has 1 aliphatic heterocycles. The van der Waals surface area contributed by atoms with E-state index in [0.717, 1.165) is 10.8 Å². The summed E-state index contributed by atoms with van der Waals surface area (Å²) in [5.41, 5.74) is 1.40. The molecule has 1 aliphatic rings. The van der Waals surface area contributed by atoms with Gasteiger partial charge in [-0.3, -0.25) is 4.79 Å². The van der Waals surface area contributed by atoms with Crippen LogP contribution in [0.5, 0.6) is 0 Å². The Labute approximate surface area is 86.4 Å². The number of ketones is 1. The summed E-state index contributed by atoms with van der Waals surface area (Å²) < 4.78 is 0. The van der Waals surface area contributed by atoms with Gasteiger partial charge in [-0.25, -0.2) is 0 Å². The van der Waals surface area contributed by atoms with E-state index >= 15 is 0 Å². The Morgan fingerprint density at radius 2 is 1.93 bits per heavy atom. The van der Waals surface area contributed by atoms with Crippen molar-refractivity contribution in [3.63, 3.8) is 0 Å². The van der Waals surface area contributed by atoms with Gasteiger partial charge in [-0.15, -0.1) is 0 Å². The number of rotatable bonds is 0. The highest BCUT2D eigenvalue weighted by Gasteiger charge is 2.17. The van der Waals surface area contributed by atoms with Crippen molar-refractivity contribution in [2.24, 2.45) is 10.2 Å². The van der Waals surface area contributed by atoms with Gasteiger partial charge in [0.2, 0.25) is 0 Å². The summed E-state index contributed by atoms with van der Waals surface area (Å²) in [6.07, 6.45) is 0. The Bertz CT molecular complexity index is 587. The lowest BCUT2D eigenvalue weighted by Crippen LogP contribution is -2.07. The fourth-order valence-electron chi connectivity index (χ4n) is 1.89. The molecule has 0 aromatic heterocycles. The number of hydrogen-bond acceptors (Lipinski definition) is 3. The first-order chi connectivity index (χ1) is 7.36. The van der Waals surface area contributed by atoms with E-state index in [9.17, 15) is 4.79 Å². The summed E-state index contributed by atoms with van der Waals surface area (Å²) in [6, 6.07) is 11.6. The van der Waals surface area contributed by atoms with Gasteiger partial charge in [0, 0.05) is 0 Å². The fourth-order valence-corrected chi connectivity index (χ4v) is 1.89. The third kappa shape index (κ3) is 1.16. The van der Waals surface area contributed by atoms with Gasteiger partial charge < -0.3 is 0 Å². The highest BCUT2D eigenvalue weighted by molar-refractivity contribution is 6.13. The third-order valence-electron chi connectivity index (χ3n) is 2.58. The third-order valence-corrected chi connectivity index (χ3v) is 2.58. The lowest BCUT2D eigenvalue weighted by atomic mass is 9.99. The lowest BCUT2D eigenvalue weighted by molar-refractivity contribution is 0.0999. The van der Waals surface area contributed by atoms with Crippen molar-refractivity contribution >= 4 is 22.2 Å². The molecule has 0 saturated carbocycles. The van der Waals surface area contributed by atoms with Crippen LogP contribution in [-0.4, -0.2) is 12.3 Å². The molecule has 0 saturated heterocycles. The minimum absolute atomic E-state index is 0.0526. The van der Waals surface area contributed by atoms with Gasteiger partial charge in [0.1, 0.15) is 6.54 Å². The Morgan fingerprint density at radius 1 is 1.07 bits per heavy atom. The maximum Gasteiger partial charge on any atom is 0.188 e. The minimum atomic E-state index is 0.0526. The van der Waals surface area contributed by atoms with Gasteiger partial charge in [0.25, 0.3) is 0 Å². The van der Waals surface area contributed by atoms with E-state index in [1.54, 1.807) is 0 Å². The predicted molar refractivity (Wildman–Crippen MR) is 57.7 cm³/mol. The number of benzene rings is 2. The quantitative estimate of drug-likeness (QED) is 0.638. The molecule has 2 aromatic carbocycles. The van der Waals surface area contributed by atoms with Crippen LogP contribution in [-0.2, 0) is 0 Å². The standard InChI is InChI=1S/C12H8N2O/c15-11-7-13-14-10-6-5-8-3-1-2-4-9(8)12(10)11/h1-6H,7H2. The van der Waals surface area contributed by atoms with E-state index in [-0.39, 0.29) is 12.3 Å². The summed E-state index contributed by atoms with van der Waals surface area (Å²) in [4.78, 5) is 11.7. The van der Waals surface area contributed by atoms with E-state index in [4.69, 9.17) is 0 Å². The summed E-state index contributed by atoms with van der Waals surface area (Å²) in [7, 11) is 0. The highest BCUT2D eigenvalue weighted by Crippen LogP contribution is 2.31. The molecule has 3 rings (SSSR count). The molecule has 0 radical (unpaired) electrons. The first-order valence-corrected chi connectivity index (χ1v) is 4.79. The largest absolute Gasteiger partial charge is 0.292 e. The Morgan fingerprint density at radius 3 is 2.87 bits per heavy atom. The van der Waals surface area contributed by atoms with Crippen LogP contribution in [0.1, 0.15) is 10.4 Å². The van der Waals surface area contributed by atoms with Crippen LogP contribution in [0, 0.1) is 0 Å². The molecule has 0 aliphatic carbocycles. The molecule has 0 atom stereocenters. The van der Waals surface area contributed by atoms with Crippen molar-refractivity contribution in [2.75, 3.05) is 6.54 Å². The Balaban J connectivity index is 2.47. The zero-order chi connectivity index (χ0) is 10.3. The van der Waals surface area contributed by atoms with Gasteiger partial charge in [0.05, 0.1) is 11.3 Å². The molecule has 0 amide bonds. The molecule has 3 nitrogen and oxygen atoms in total. The summed E-state index contributed by atoms with van der Waals surface area (Å²) in [5.74, 6) is 0.0526. The van der Waals surface area contributed by atoms with Crippen LogP contribution in [0.3, 0.4) is 0 Å². The summed E-state index contributed by atoms with van der Waals surface area (Å²) >= 11 is 0. The van der Waals surface area contributed by atoms with Gasteiger partial charge in [0.15, 0.2) is 5.78 Å². The lowest BCUT2D eigenvalue weighted by Gasteiger charge is -2.10. The molecule has 0 spiro atoms. The van der Waals surface area contributed by atoms with Crippen LogP contribution >= 0.6 is 0 Å². The Hall–Kier alpha value is -2.03. The van der Waals surface area contributed by atoms with Crippen LogP contribution in [0.2, 0.25) is 0 Å². The first-order valence-electron chi connectivity index (χ1n) is 4.79. The molecule has 0 fully saturated rings. The Kier molecular flexibility index (Phi) is 1.65. The molecular weight excluding hydrogens is 188 g/mol. The van der Waals surface area contributed by atoms with Crippen molar-refractivity contribution < 1.29 is 4.79 Å². The van der Waals surface area contributed by atoms with E-state index in [1.807, 2.05) is 36.4 Å². The molecule has 2 aromatic rings. The molecule has 3 heteroatoms. The van der Waals surface area contributed by atoms with Crippen LogP contribution in [0.25, 0.3) is 10.8 Å². The monoisotopic (exact) mass is 196 g/mol. The number of Topliss-reactive ketones (excluding diaryl/α,β-unsaturated/α-hetero) is 1. The minimum Gasteiger partial charge on any atom is -0.292 e. The maximum absolute atomic E-state index is 11.7. The smallest absolute Gasteiger partial charge is 0.188 e. The van der Waals surface area contributed by atoms with Crippen molar-refractivity contribution in [2.45, 2.75) is 0 Å². The molecule has 0 N–H and O–H groups in total. The van der Waals surface area contributed by atoms with Crippen molar-refractivity contribution in [1.29, 1.82) is 0 Å². The fraction of sp³-hybridized carbons (Fsp3) is 0.0833. The van der Waals surface area contributed by atoms with Gasteiger partial charge in [-0.1, -0.05) is 30.3 Å². The second kappa shape index (κ2) is 2.98. The molecule has 72 valence electrons. The number of nitrogens with zero attached hydrogens (tertiary/aromatic N) is 2. The van der Waals surface area contributed by atoms with E-state index in [0.29, 0.717) is 11.3 Å². The van der Waals surface area contributed by atoms with Gasteiger partial charge >= 0.3 is 0 Å². The van der Waals surface area contributed by atoms with E-state index < -0.39 is 0 Å². The van der Waals surface area contributed by atoms with Crippen LogP contribution < -0.4 is 0 Å².